The second-order valence-electron chi connectivity index (χ2n) is 5.70. The van der Waals surface area contributed by atoms with E-state index in [-0.39, 0.29) is 5.41 Å². The predicted octanol–water partition coefficient (Wildman–Crippen LogP) is 4.26. The summed E-state index contributed by atoms with van der Waals surface area (Å²) in [5, 5.41) is 19.1. The van der Waals surface area contributed by atoms with Crippen LogP contribution >= 0.6 is 11.8 Å². The molecule has 0 aliphatic carbocycles. The molecular weight excluding hydrogens is 268 g/mol. The van der Waals surface area contributed by atoms with Crippen LogP contribution in [0.5, 0.6) is 11.5 Å². The zero-order valence-corrected chi connectivity index (χ0v) is 12.4. The van der Waals surface area contributed by atoms with Crippen LogP contribution in [0.25, 0.3) is 0 Å². The van der Waals surface area contributed by atoms with E-state index < -0.39 is 0 Å². The largest absolute Gasteiger partial charge is 0.508 e. The van der Waals surface area contributed by atoms with Crippen LogP contribution in [0.15, 0.2) is 47.4 Å². The molecule has 0 bridgehead atoms. The van der Waals surface area contributed by atoms with E-state index in [1.165, 1.54) is 16.0 Å². The molecule has 0 saturated carbocycles. The predicted molar refractivity (Wildman–Crippen MR) is 82.7 cm³/mol. The SMILES string of the molecule is CC1c2ccc(O)cc2SCC1(C)c1ccc(O)cc1. The van der Waals surface area contributed by atoms with Gasteiger partial charge in [0.15, 0.2) is 0 Å². The minimum Gasteiger partial charge on any atom is -0.508 e. The third kappa shape index (κ3) is 2.06. The van der Waals surface area contributed by atoms with Crippen molar-refractivity contribution in [3.8, 4) is 11.5 Å². The third-order valence-electron chi connectivity index (χ3n) is 4.47. The van der Waals surface area contributed by atoms with Crippen LogP contribution in [-0.2, 0) is 5.41 Å². The Balaban J connectivity index is 2.04. The molecule has 0 amide bonds. The van der Waals surface area contributed by atoms with E-state index in [0.29, 0.717) is 17.4 Å². The molecule has 2 aromatic carbocycles. The zero-order chi connectivity index (χ0) is 14.3. The number of rotatable bonds is 1. The van der Waals surface area contributed by atoms with Crippen molar-refractivity contribution in [2.75, 3.05) is 5.75 Å². The van der Waals surface area contributed by atoms with Crippen LogP contribution in [0.1, 0.15) is 30.9 Å². The lowest BCUT2D eigenvalue weighted by Crippen LogP contribution is -2.34. The number of thioether (sulfide) groups is 1. The first-order valence-corrected chi connectivity index (χ1v) is 7.74. The third-order valence-corrected chi connectivity index (χ3v) is 5.88. The highest BCUT2D eigenvalue weighted by Gasteiger charge is 2.38. The Hall–Kier alpha value is -1.61. The Morgan fingerprint density at radius 2 is 1.70 bits per heavy atom. The van der Waals surface area contributed by atoms with Crippen molar-refractivity contribution in [3.63, 3.8) is 0 Å². The Bertz CT molecular complexity index is 636. The van der Waals surface area contributed by atoms with Crippen LogP contribution < -0.4 is 0 Å². The van der Waals surface area contributed by atoms with E-state index in [0.717, 1.165) is 5.75 Å². The molecule has 0 spiro atoms. The fraction of sp³-hybridized carbons (Fsp3) is 0.294. The van der Waals surface area contributed by atoms with Gasteiger partial charge in [-0.15, -0.1) is 11.8 Å². The minimum atomic E-state index is 0.0301. The first-order valence-electron chi connectivity index (χ1n) is 6.76. The van der Waals surface area contributed by atoms with E-state index in [4.69, 9.17) is 0 Å². The molecule has 2 unspecified atom stereocenters. The van der Waals surface area contributed by atoms with Crippen molar-refractivity contribution < 1.29 is 10.2 Å². The first kappa shape index (κ1) is 13.4. The average molecular weight is 286 g/mol. The van der Waals surface area contributed by atoms with Crippen molar-refractivity contribution in [2.24, 2.45) is 0 Å². The van der Waals surface area contributed by atoms with Crippen molar-refractivity contribution in [1.82, 2.24) is 0 Å². The van der Waals surface area contributed by atoms with E-state index in [1.54, 1.807) is 30.0 Å². The van der Waals surface area contributed by atoms with Crippen molar-refractivity contribution in [3.05, 3.63) is 53.6 Å². The summed E-state index contributed by atoms with van der Waals surface area (Å²) in [6, 6.07) is 13.2. The summed E-state index contributed by atoms with van der Waals surface area (Å²) < 4.78 is 0. The molecule has 2 N–H and O–H groups in total. The van der Waals surface area contributed by atoms with E-state index in [9.17, 15) is 10.2 Å². The number of fused-ring (bicyclic) bond motifs is 1. The minimum absolute atomic E-state index is 0.0301. The first-order chi connectivity index (χ1) is 9.50. The Morgan fingerprint density at radius 1 is 1.05 bits per heavy atom. The zero-order valence-electron chi connectivity index (χ0n) is 11.6. The second kappa shape index (κ2) is 4.74. The van der Waals surface area contributed by atoms with E-state index in [2.05, 4.69) is 13.8 Å². The van der Waals surface area contributed by atoms with Gasteiger partial charge in [-0.25, -0.2) is 0 Å². The van der Waals surface area contributed by atoms with Crippen LogP contribution in [-0.4, -0.2) is 16.0 Å². The normalized spacial score (nSPS) is 25.2. The molecule has 20 heavy (non-hydrogen) atoms. The fourth-order valence-electron chi connectivity index (χ4n) is 2.88. The molecule has 0 saturated heterocycles. The van der Waals surface area contributed by atoms with Gasteiger partial charge in [0.05, 0.1) is 0 Å². The quantitative estimate of drug-likeness (QED) is 0.822. The Morgan fingerprint density at radius 3 is 2.40 bits per heavy atom. The van der Waals surface area contributed by atoms with Gasteiger partial charge in [0.1, 0.15) is 11.5 Å². The summed E-state index contributed by atoms with van der Waals surface area (Å²) in [6.07, 6.45) is 0. The molecule has 2 nitrogen and oxygen atoms in total. The van der Waals surface area contributed by atoms with Gasteiger partial charge in [0.25, 0.3) is 0 Å². The molecule has 3 rings (SSSR count). The van der Waals surface area contributed by atoms with Gasteiger partial charge < -0.3 is 10.2 Å². The summed E-state index contributed by atoms with van der Waals surface area (Å²) in [5.41, 5.74) is 2.56. The van der Waals surface area contributed by atoms with Gasteiger partial charge in [0, 0.05) is 16.1 Å². The van der Waals surface area contributed by atoms with Gasteiger partial charge in [-0.2, -0.15) is 0 Å². The fourth-order valence-corrected chi connectivity index (χ4v) is 4.36. The van der Waals surface area contributed by atoms with Crippen molar-refractivity contribution >= 4 is 11.8 Å². The molecule has 0 fully saturated rings. The van der Waals surface area contributed by atoms with Crippen molar-refractivity contribution in [2.45, 2.75) is 30.1 Å². The number of aromatic hydroxyl groups is 2. The molecular formula is C17H18O2S. The molecule has 3 heteroatoms. The molecule has 2 atom stereocenters. The number of benzene rings is 2. The summed E-state index contributed by atoms with van der Waals surface area (Å²) in [4.78, 5) is 1.17. The summed E-state index contributed by atoms with van der Waals surface area (Å²) in [5.74, 6) is 1.97. The van der Waals surface area contributed by atoms with Crippen LogP contribution in [0, 0.1) is 0 Å². The Labute approximate surface area is 123 Å². The molecule has 1 heterocycles. The molecule has 1 aliphatic heterocycles. The molecule has 2 aromatic rings. The molecule has 104 valence electrons. The van der Waals surface area contributed by atoms with Gasteiger partial charge in [-0.05, 0) is 41.3 Å². The number of phenols is 2. The maximum atomic E-state index is 9.61. The lowest BCUT2D eigenvalue weighted by Gasteiger charge is -2.41. The summed E-state index contributed by atoms with van der Waals surface area (Å²) >= 11 is 1.79. The van der Waals surface area contributed by atoms with Gasteiger partial charge in [-0.1, -0.05) is 32.0 Å². The number of hydrogen-bond acceptors (Lipinski definition) is 3. The molecule has 1 aliphatic rings. The molecule has 0 radical (unpaired) electrons. The monoisotopic (exact) mass is 286 g/mol. The van der Waals surface area contributed by atoms with E-state index in [1.807, 2.05) is 24.3 Å². The smallest absolute Gasteiger partial charge is 0.116 e. The van der Waals surface area contributed by atoms with Gasteiger partial charge in [-0.3, -0.25) is 0 Å². The van der Waals surface area contributed by atoms with Gasteiger partial charge in [0.2, 0.25) is 0 Å². The summed E-state index contributed by atoms with van der Waals surface area (Å²) in [6.45, 7) is 4.51. The Kier molecular flexibility index (Phi) is 3.17. The summed E-state index contributed by atoms with van der Waals surface area (Å²) in [7, 11) is 0. The van der Waals surface area contributed by atoms with Crippen molar-refractivity contribution in [1.29, 1.82) is 0 Å². The standard InChI is InChI=1S/C17H18O2S/c1-11-15-8-7-14(19)9-16(15)20-10-17(11,2)12-3-5-13(18)6-4-12/h3-9,11,18-19H,10H2,1-2H3. The highest BCUT2D eigenvalue weighted by Crippen LogP contribution is 2.50. The maximum Gasteiger partial charge on any atom is 0.116 e. The van der Waals surface area contributed by atoms with Gasteiger partial charge >= 0.3 is 0 Å². The van der Waals surface area contributed by atoms with E-state index >= 15 is 0 Å². The maximum absolute atomic E-state index is 9.61. The lowest BCUT2D eigenvalue weighted by atomic mass is 9.71. The number of hydrogen-bond donors (Lipinski definition) is 2. The van der Waals surface area contributed by atoms with Crippen LogP contribution in [0.2, 0.25) is 0 Å². The molecule has 0 aromatic heterocycles. The highest BCUT2D eigenvalue weighted by molar-refractivity contribution is 7.99. The second-order valence-corrected chi connectivity index (χ2v) is 6.71. The lowest BCUT2D eigenvalue weighted by molar-refractivity contribution is 0.428. The average Bonchev–Trinajstić information content (AvgIpc) is 2.44. The number of phenolic OH excluding ortho intramolecular Hbond substituents is 2. The highest BCUT2D eigenvalue weighted by atomic mass is 32.2. The van der Waals surface area contributed by atoms with Crippen LogP contribution in [0.4, 0.5) is 0 Å². The van der Waals surface area contributed by atoms with Crippen LogP contribution in [0.3, 0.4) is 0 Å². The topological polar surface area (TPSA) is 40.5 Å².